The van der Waals surface area contributed by atoms with Crippen molar-refractivity contribution < 1.29 is 14.3 Å². The van der Waals surface area contributed by atoms with E-state index in [-0.39, 0.29) is 22.6 Å². The summed E-state index contributed by atoms with van der Waals surface area (Å²) in [4.78, 5) is 20.4. The Morgan fingerprint density at radius 3 is 2.57 bits per heavy atom. The molecule has 140 valence electrons. The molecule has 0 bridgehead atoms. The number of nitrogens with two attached hydrogens (primary N) is 2. The van der Waals surface area contributed by atoms with E-state index in [4.69, 9.17) is 11.5 Å². The molecule has 4 rings (SSSR count). The van der Waals surface area contributed by atoms with Gasteiger partial charge in [0.15, 0.2) is 0 Å². The highest BCUT2D eigenvalue weighted by atomic mass is 19.1. The largest absolute Gasteiger partial charge is 0.508 e. The van der Waals surface area contributed by atoms with E-state index in [1.165, 1.54) is 18.2 Å². The van der Waals surface area contributed by atoms with Crippen molar-refractivity contribution in [1.29, 1.82) is 0 Å². The first-order chi connectivity index (χ1) is 13.4. The first-order valence-corrected chi connectivity index (χ1v) is 8.40. The van der Waals surface area contributed by atoms with E-state index in [1.54, 1.807) is 34.9 Å². The van der Waals surface area contributed by atoms with Gasteiger partial charge in [0, 0.05) is 6.07 Å². The van der Waals surface area contributed by atoms with Gasteiger partial charge in [-0.25, -0.2) is 9.97 Å². The standard InChI is InChI=1S/C20H16FN5O2/c1-10-5-6-11(27)9-15(10)26-14-8-7-13(12-3-2-4-16(21)24-12)25-18(14)17(19(26)22)20(23)28/h2-9,27H,22H2,1H3,(H2,23,28). The summed E-state index contributed by atoms with van der Waals surface area (Å²) in [5, 5.41) is 9.89. The second-order valence-electron chi connectivity index (χ2n) is 6.34. The number of pyridine rings is 2. The van der Waals surface area contributed by atoms with Crippen LogP contribution in [0, 0.1) is 12.9 Å². The zero-order chi connectivity index (χ0) is 20.0. The number of hydrogen-bond acceptors (Lipinski definition) is 5. The second kappa shape index (κ2) is 6.34. The fourth-order valence-electron chi connectivity index (χ4n) is 3.21. The molecular weight excluding hydrogens is 361 g/mol. The maximum absolute atomic E-state index is 13.5. The third-order valence-electron chi connectivity index (χ3n) is 4.51. The summed E-state index contributed by atoms with van der Waals surface area (Å²) in [5.74, 6) is -1.22. The molecule has 3 heterocycles. The molecule has 3 aromatic heterocycles. The molecule has 0 aliphatic carbocycles. The van der Waals surface area contributed by atoms with Crippen LogP contribution in [0.1, 0.15) is 15.9 Å². The third kappa shape index (κ3) is 2.71. The van der Waals surface area contributed by atoms with E-state index >= 15 is 0 Å². The molecule has 0 aliphatic rings. The van der Waals surface area contributed by atoms with Crippen molar-refractivity contribution in [2.45, 2.75) is 6.92 Å². The second-order valence-corrected chi connectivity index (χ2v) is 6.34. The van der Waals surface area contributed by atoms with Crippen molar-refractivity contribution in [2.24, 2.45) is 5.73 Å². The SMILES string of the molecule is Cc1ccc(O)cc1-n1c(N)c(C(N)=O)c2nc(-c3cccc(F)n3)ccc21. The lowest BCUT2D eigenvalue weighted by Gasteiger charge is -2.12. The number of aryl methyl sites for hydroxylation is 1. The lowest BCUT2D eigenvalue weighted by molar-refractivity contribution is 0.100. The smallest absolute Gasteiger partial charge is 0.254 e. The Morgan fingerprint density at radius 2 is 1.86 bits per heavy atom. The monoisotopic (exact) mass is 377 g/mol. The molecule has 8 heteroatoms. The fourth-order valence-corrected chi connectivity index (χ4v) is 3.21. The molecule has 7 nitrogen and oxygen atoms in total. The predicted molar refractivity (Wildman–Crippen MR) is 104 cm³/mol. The maximum atomic E-state index is 13.5. The Balaban J connectivity index is 2.04. The number of benzene rings is 1. The molecule has 0 atom stereocenters. The Labute approximate surface area is 159 Å². The van der Waals surface area contributed by atoms with Crippen LogP contribution in [0.4, 0.5) is 10.2 Å². The van der Waals surface area contributed by atoms with Crippen LogP contribution in [0.2, 0.25) is 0 Å². The number of primary amides is 1. The van der Waals surface area contributed by atoms with Crippen molar-refractivity contribution in [1.82, 2.24) is 14.5 Å². The van der Waals surface area contributed by atoms with Gasteiger partial charge in [-0.3, -0.25) is 9.36 Å². The average molecular weight is 377 g/mol. The summed E-state index contributed by atoms with van der Waals surface area (Å²) in [6.45, 7) is 1.85. The molecule has 0 unspecified atom stereocenters. The molecule has 1 aromatic carbocycles. The van der Waals surface area contributed by atoms with Gasteiger partial charge in [0.1, 0.15) is 22.6 Å². The lowest BCUT2D eigenvalue weighted by atomic mass is 10.2. The summed E-state index contributed by atoms with van der Waals surface area (Å²) in [6.07, 6.45) is 0. The number of nitrogens with zero attached hydrogens (tertiary/aromatic N) is 3. The number of rotatable bonds is 3. The predicted octanol–water partition coefficient (Wildman–Crippen LogP) is 2.92. The highest BCUT2D eigenvalue weighted by Gasteiger charge is 2.23. The van der Waals surface area contributed by atoms with Gasteiger partial charge in [0.2, 0.25) is 5.95 Å². The summed E-state index contributed by atoms with van der Waals surface area (Å²) < 4.78 is 15.1. The number of anilines is 1. The Morgan fingerprint density at radius 1 is 1.11 bits per heavy atom. The Bertz CT molecular complexity index is 1250. The number of hydrogen-bond donors (Lipinski definition) is 3. The number of aromatic hydroxyl groups is 1. The molecule has 4 aromatic rings. The highest BCUT2D eigenvalue weighted by Crippen LogP contribution is 2.34. The van der Waals surface area contributed by atoms with Gasteiger partial charge in [-0.05, 0) is 42.8 Å². The van der Waals surface area contributed by atoms with Gasteiger partial charge in [0.25, 0.3) is 5.91 Å². The maximum Gasteiger partial charge on any atom is 0.254 e. The van der Waals surface area contributed by atoms with Crippen LogP contribution in [0.3, 0.4) is 0 Å². The topological polar surface area (TPSA) is 120 Å². The molecule has 0 fully saturated rings. The first-order valence-electron chi connectivity index (χ1n) is 8.40. The molecule has 28 heavy (non-hydrogen) atoms. The first kappa shape index (κ1) is 17.5. The minimum atomic E-state index is -0.740. The van der Waals surface area contributed by atoms with E-state index < -0.39 is 11.9 Å². The van der Waals surface area contributed by atoms with E-state index in [0.29, 0.717) is 22.6 Å². The zero-order valence-electron chi connectivity index (χ0n) is 14.8. The number of halogens is 1. The fraction of sp³-hybridized carbons (Fsp3) is 0.0500. The van der Waals surface area contributed by atoms with Crippen LogP contribution in [0.15, 0.2) is 48.5 Å². The molecule has 0 radical (unpaired) electrons. The van der Waals surface area contributed by atoms with Gasteiger partial charge in [-0.15, -0.1) is 0 Å². The van der Waals surface area contributed by atoms with Crippen LogP contribution in [0.5, 0.6) is 5.75 Å². The van der Waals surface area contributed by atoms with Gasteiger partial charge in [-0.1, -0.05) is 12.1 Å². The summed E-state index contributed by atoms with van der Waals surface area (Å²) >= 11 is 0. The number of fused-ring (bicyclic) bond motifs is 1. The van der Waals surface area contributed by atoms with E-state index in [2.05, 4.69) is 9.97 Å². The van der Waals surface area contributed by atoms with Gasteiger partial charge in [0.05, 0.1) is 22.6 Å². The molecular formula is C20H16FN5O2. The highest BCUT2D eigenvalue weighted by molar-refractivity contribution is 6.10. The van der Waals surface area contributed by atoms with Crippen molar-refractivity contribution in [2.75, 3.05) is 5.73 Å². The Kier molecular flexibility index (Phi) is 3.96. The number of phenolic OH excluding ortho intramolecular Hbond substituents is 1. The molecule has 0 spiro atoms. The average Bonchev–Trinajstić information content (AvgIpc) is 2.94. The molecule has 5 N–H and O–H groups in total. The molecule has 1 amide bonds. The number of phenols is 1. The normalized spacial score (nSPS) is 11.1. The minimum Gasteiger partial charge on any atom is -0.508 e. The van der Waals surface area contributed by atoms with Crippen molar-refractivity contribution in [3.63, 3.8) is 0 Å². The number of amides is 1. The number of carbonyl (C=O) groups is 1. The third-order valence-corrected chi connectivity index (χ3v) is 4.51. The lowest BCUT2D eigenvalue weighted by Crippen LogP contribution is -2.14. The summed E-state index contributed by atoms with van der Waals surface area (Å²) in [6, 6.07) is 12.6. The Hall–Kier alpha value is -3.94. The number of carbonyl (C=O) groups excluding carboxylic acids is 1. The van der Waals surface area contributed by atoms with E-state index in [9.17, 15) is 14.3 Å². The summed E-state index contributed by atoms with van der Waals surface area (Å²) in [5.41, 5.74) is 14.8. The molecule has 0 aliphatic heterocycles. The van der Waals surface area contributed by atoms with Crippen LogP contribution >= 0.6 is 0 Å². The van der Waals surface area contributed by atoms with Crippen LogP contribution in [0.25, 0.3) is 28.1 Å². The van der Waals surface area contributed by atoms with Crippen LogP contribution in [-0.2, 0) is 0 Å². The molecule has 0 saturated carbocycles. The quantitative estimate of drug-likeness (QED) is 0.474. The van der Waals surface area contributed by atoms with Gasteiger partial charge in [-0.2, -0.15) is 4.39 Å². The van der Waals surface area contributed by atoms with Gasteiger partial charge >= 0.3 is 0 Å². The zero-order valence-corrected chi connectivity index (χ0v) is 14.8. The number of aromatic nitrogens is 3. The van der Waals surface area contributed by atoms with Gasteiger partial charge < -0.3 is 16.6 Å². The van der Waals surface area contributed by atoms with Crippen LogP contribution in [-0.4, -0.2) is 25.5 Å². The minimum absolute atomic E-state index is 0.0518. The van der Waals surface area contributed by atoms with Crippen LogP contribution < -0.4 is 11.5 Å². The molecule has 0 saturated heterocycles. The van der Waals surface area contributed by atoms with E-state index in [0.717, 1.165) is 5.56 Å². The van der Waals surface area contributed by atoms with Crippen molar-refractivity contribution in [3.05, 3.63) is 65.6 Å². The number of nitrogen functional groups attached to an aromatic ring is 1. The van der Waals surface area contributed by atoms with E-state index in [1.807, 2.05) is 6.92 Å². The van der Waals surface area contributed by atoms with Crippen molar-refractivity contribution in [3.8, 4) is 22.8 Å². The van der Waals surface area contributed by atoms with Crippen molar-refractivity contribution >= 4 is 22.8 Å². The summed E-state index contributed by atoms with van der Waals surface area (Å²) in [7, 11) is 0.